The van der Waals surface area contributed by atoms with Gasteiger partial charge in [-0.05, 0) is 5.56 Å². The molecule has 25 heavy (non-hydrogen) atoms. The van der Waals surface area contributed by atoms with Gasteiger partial charge >= 0.3 is 0 Å². The summed E-state index contributed by atoms with van der Waals surface area (Å²) in [4.78, 5) is 26.6. The highest BCUT2D eigenvalue weighted by atomic mass is 16.5. The van der Waals surface area contributed by atoms with Gasteiger partial charge in [-0.3, -0.25) is 9.59 Å². The smallest absolute Gasteiger partial charge is 0.295 e. The van der Waals surface area contributed by atoms with Crippen molar-refractivity contribution < 1.29 is 19.4 Å². The number of methoxy groups -OCH3 is 1. The molecule has 0 spiro atoms. The maximum atomic E-state index is 12.6. The van der Waals surface area contributed by atoms with Crippen LogP contribution >= 0.6 is 0 Å². The Morgan fingerprint density at radius 3 is 2.24 bits per heavy atom. The zero-order chi connectivity index (χ0) is 17.8. The molecule has 2 aromatic rings. The number of aliphatic hydroxyl groups excluding tert-OH is 1. The van der Waals surface area contributed by atoms with Crippen molar-refractivity contribution in [2.24, 2.45) is 0 Å². The summed E-state index contributed by atoms with van der Waals surface area (Å²) in [5.74, 6) is -1.46. The first-order valence-corrected chi connectivity index (χ1v) is 8.03. The molecule has 1 heterocycles. The average Bonchev–Trinajstić information content (AvgIpc) is 2.91. The summed E-state index contributed by atoms with van der Waals surface area (Å²) in [6.45, 7) is 0.577. The molecule has 0 radical (unpaired) electrons. The Bertz CT molecular complexity index is 799. The molecule has 1 saturated heterocycles. The molecule has 128 valence electrons. The summed E-state index contributed by atoms with van der Waals surface area (Å²) < 4.78 is 5.07. The summed E-state index contributed by atoms with van der Waals surface area (Å²) >= 11 is 0. The molecule has 3 rings (SSSR count). The monoisotopic (exact) mass is 337 g/mol. The lowest BCUT2D eigenvalue weighted by molar-refractivity contribution is -0.140. The molecule has 2 aromatic carbocycles. The van der Waals surface area contributed by atoms with E-state index in [1.165, 1.54) is 12.0 Å². The minimum Gasteiger partial charge on any atom is -0.507 e. The number of benzene rings is 2. The van der Waals surface area contributed by atoms with Gasteiger partial charge in [-0.1, -0.05) is 60.7 Å². The molecule has 5 heteroatoms. The van der Waals surface area contributed by atoms with Gasteiger partial charge < -0.3 is 14.7 Å². The van der Waals surface area contributed by atoms with Crippen LogP contribution in [0.4, 0.5) is 0 Å². The van der Waals surface area contributed by atoms with Crippen LogP contribution in [0.1, 0.15) is 17.2 Å². The molecule has 1 amide bonds. The third-order valence-electron chi connectivity index (χ3n) is 4.24. The number of amides is 1. The molecule has 0 bridgehead atoms. The number of aliphatic hydroxyl groups is 1. The van der Waals surface area contributed by atoms with E-state index in [9.17, 15) is 14.7 Å². The lowest BCUT2D eigenvalue weighted by Gasteiger charge is -2.25. The third kappa shape index (κ3) is 3.19. The predicted molar refractivity (Wildman–Crippen MR) is 93.8 cm³/mol. The highest BCUT2D eigenvalue weighted by Crippen LogP contribution is 2.38. The van der Waals surface area contributed by atoms with Gasteiger partial charge in [0.1, 0.15) is 5.76 Å². The van der Waals surface area contributed by atoms with E-state index in [4.69, 9.17) is 4.74 Å². The molecule has 1 atom stereocenters. The summed E-state index contributed by atoms with van der Waals surface area (Å²) in [5, 5.41) is 10.7. The minimum absolute atomic E-state index is 0.110. The third-order valence-corrected chi connectivity index (χ3v) is 4.24. The van der Waals surface area contributed by atoms with Crippen LogP contribution in [0.5, 0.6) is 0 Å². The molecule has 0 aromatic heterocycles. The molecule has 5 nitrogen and oxygen atoms in total. The molecule has 1 aliphatic rings. The fourth-order valence-corrected chi connectivity index (χ4v) is 3.03. The molecule has 0 saturated carbocycles. The van der Waals surface area contributed by atoms with Gasteiger partial charge in [-0.2, -0.15) is 0 Å². The van der Waals surface area contributed by atoms with E-state index in [2.05, 4.69) is 0 Å². The Balaban J connectivity index is 2.14. The molecule has 1 fully saturated rings. The fraction of sp³-hybridized carbons (Fsp3) is 0.200. The van der Waals surface area contributed by atoms with Crippen LogP contribution in [0.15, 0.2) is 66.2 Å². The second-order valence-electron chi connectivity index (χ2n) is 5.76. The molecule has 1 N–H and O–H groups in total. The van der Waals surface area contributed by atoms with Crippen molar-refractivity contribution in [3.63, 3.8) is 0 Å². The second-order valence-corrected chi connectivity index (χ2v) is 5.76. The van der Waals surface area contributed by atoms with Crippen molar-refractivity contribution in [2.75, 3.05) is 20.3 Å². The van der Waals surface area contributed by atoms with Gasteiger partial charge in [0.15, 0.2) is 0 Å². The topological polar surface area (TPSA) is 66.8 Å². The van der Waals surface area contributed by atoms with Gasteiger partial charge in [0.05, 0.1) is 18.2 Å². The fourth-order valence-electron chi connectivity index (χ4n) is 3.03. The van der Waals surface area contributed by atoms with Crippen molar-refractivity contribution in [3.05, 3.63) is 77.4 Å². The number of likely N-dealkylation sites (tertiary alicyclic amines) is 1. The van der Waals surface area contributed by atoms with Crippen LogP contribution in [-0.2, 0) is 14.3 Å². The molecule has 1 aliphatic heterocycles. The van der Waals surface area contributed by atoms with Crippen LogP contribution in [0.2, 0.25) is 0 Å². The van der Waals surface area contributed by atoms with Crippen LogP contribution in [0.25, 0.3) is 5.76 Å². The van der Waals surface area contributed by atoms with E-state index in [-0.39, 0.29) is 17.9 Å². The van der Waals surface area contributed by atoms with Crippen LogP contribution in [0, 0.1) is 0 Å². The quantitative estimate of drug-likeness (QED) is 0.517. The molecular weight excluding hydrogens is 318 g/mol. The lowest BCUT2D eigenvalue weighted by atomic mass is 9.95. The minimum atomic E-state index is -0.675. The van der Waals surface area contributed by atoms with E-state index < -0.39 is 17.7 Å². The van der Waals surface area contributed by atoms with Gasteiger partial charge in [-0.25, -0.2) is 0 Å². The van der Waals surface area contributed by atoms with Gasteiger partial charge in [0.2, 0.25) is 0 Å². The summed E-state index contributed by atoms with van der Waals surface area (Å²) in [7, 11) is 1.54. The average molecular weight is 337 g/mol. The van der Waals surface area contributed by atoms with E-state index >= 15 is 0 Å². The Morgan fingerprint density at radius 1 is 1.04 bits per heavy atom. The Labute approximate surface area is 146 Å². The summed E-state index contributed by atoms with van der Waals surface area (Å²) in [6, 6.07) is 17.4. The van der Waals surface area contributed by atoms with Crippen molar-refractivity contribution in [2.45, 2.75) is 6.04 Å². The van der Waals surface area contributed by atoms with E-state index in [1.54, 1.807) is 24.3 Å². The van der Waals surface area contributed by atoms with Crippen LogP contribution in [-0.4, -0.2) is 42.0 Å². The standard InChI is InChI=1S/C20H19NO4/c1-25-13-12-21-17(14-8-4-2-5-9-14)16(19(23)20(21)24)18(22)15-10-6-3-7-11-15/h2-11,17,22H,12-13H2,1H3/b18-16+/t17-/m1/s1. The van der Waals surface area contributed by atoms with Crippen molar-refractivity contribution >= 4 is 17.4 Å². The van der Waals surface area contributed by atoms with Crippen molar-refractivity contribution in [1.82, 2.24) is 4.90 Å². The number of nitrogens with zero attached hydrogens (tertiary/aromatic N) is 1. The van der Waals surface area contributed by atoms with Gasteiger partial charge in [-0.15, -0.1) is 0 Å². The normalized spacial score (nSPS) is 19.4. The number of hydrogen-bond acceptors (Lipinski definition) is 4. The predicted octanol–water partition coefficient (Wildman–Crippen LogP) is 2.75. The van der Waals surface area contributed by atoms with Crippen molar-refractivity contribution in [3.8, 4) is 0 Å². The first-order chi connectivity index (χ1) is 12.1. The van der Waals surface area contributed by atoms with Gasteiger partial charge in [0, 0.05) is 19.2 Å². The number of carbonyl (C=O) groups excluding carboxylic acids is 2. The van der Waals surface area contributed by atoms with E-state index in [1.807, 2.05) is 36.4 Å². The molecule has 0 unspecified atom stereocenters. The Hall–Kier alpha value is -2.92. The maximum Gasteiger partial charge on any atom is 0.295 e. The molecular formula is C20H19NO4. The zero-order valence-corrected chi connectivity index (χ0v) is 13.9. The Kier molecular flexibility index (Phi) is 4.95. The number of hydrogen-bond donors (Lipinski definition) is 1. The summed E-state index contributed by atoms with van der Waals surface area (Å²) in [5.41, 5.74) is 1.39. The SMILES string of the molecule is COCCN1C(=O)C(=O)/C(=C(/O)c2ccccc2)[C@H]1c1ccccc1. The number of ether oxygens (including phenoxy) is 1. The first-order valence-electron chi connectivity index (χ1n) is 8.03. The number of carbonyl (C=O) groups is 2. The second kappa shape index (κ2) is 7.32. The van der Waals surface area contributed by atoms with Crippen LogP contribution < -0.4 is 0 Å². The largest absolute Gasteiger partial charge is 0.507 e. The maximum absolute atomic E-state index is 12.6. The number of ketones is 1. The Morgan fingerprint density at radius 2 is 1.64 bits per heavy atom. The van der Waals surface area contributed by atoms with E-state index in [0.29, 0.717) is 12.2 Å². The zero-order valence-electron chi connectivity index (χ0n) is 13.9. The summed E-state index contributed by atoms with van der Waals surface area (Å²) in [6.07, 6.45) is 0. The first kappa shape index (κ1) is 16.9. The number of rotatable bonds is 5. The van der Waals surface area contributed by atoms with Crippen molar-refractivity contribution in [1.29, 1.82) is 0 Å². The number of Topliss-reactive ketones (excluding diaryl/α,β-unsaturated/α-hetero) is 1. The van der Waals surface area contributed by atoms with E-state index in [0.717, 1.165) is 5.56 Å². The highest BCUT2D eigenvalue weighted by Gasteiger charge is 2.45. The molecule has 0 aliphatic carbocycles. The van der Waals surface area contributed by atoms with Crippen LogP contribution in [0.3, 0.4) is 0 Å². The highest BCUT2D eigenvalue weighted by molar-refractivity contribution is 6.46. The lowest BCUT2D eigenvalue weighted by Crippen LogP contribution is -2.32. The van der Waals surface area contributed by atoms with Gasteiger partial charge in [0.25, 0.3) is 11.7 Å².